The molecule has 0 aromatic heterocycles. The monoisotopic (exact) mass is 375 g/mol. The van der Waals surface area contributed by atoms with Crippen LogP contribution in [0.4, 0.5) is 0 Å². The van der Waals surface area contributed by atoms with Crippen LogP contribution in [0.5, 0.6) is 0 Å². The molecule has 1 aromatic rings. The molecule has 1 unspecified atom stereocenters. The highest BCUT2D eigenvalue weighted by atomic mass is 16.4. The van der Waals surface area contributed by atoms with Crippen molar-refractivity contribution in [1.29, 1.82) is 0 Å². The number of likely N-dealkylation sites (tertiary alicyclic amines) is 1. The minimum atomic E-state index is -0.776. The van der Waals surface area contributed by atoms with Gasteiger partial charge in [0.25, 0.3) is 0 Å². The van der Waals surface area contributed by atoms with Crippen LogP contribution in [0.15, 0.2) is 30.3 Å². The first-order valence-electron chi connectivity index (χ1n) is 10.1. The van der Waals surface area contributed by atoms with E-state index in [1.54, 1.807) is 0 Å². The van der Waals surface area contributed by atoms with Crippen LogP contribution in [-0.4, -0.2) is 65.5 Å². The van der Waals surface area contributed by atoms with Crippen LogP contribution >= 0.6 is 0 Å². The molecule has 1 amide bonds. The molecule has 6 heteroatoms. The number of carbonyl (C=O) groups excluding carboxylic acids is 1. The number of piperidine rings is 1. The van der Waals surface area contributed by atoms with Crippen molar-refractivity contribution in [1.82, 2.24) is 15.1 Å². The van der Waals surface area contributed by atoms with Crippen molar-refractivity contribution in [2.24, 2.45) is 0 Å². The van der Waals surface area contributed by atoms with E-state index in [2.05, 4.69) is 29.3 Å². The number of likely N-dealkylation sites (N-methyl/N-ethyl adjacent to an activating group) is 1. The largest absolute Gasteiger partial charge is 0.480 e. The summed E-state index contributed by atoms with van der Waals surface area (Å²) in [5, 5.41) is 12.2. The van der Waals surface area contributed by atoms with Crippen LogP contribution in [0.2, 0.25) is 0 Å². The minimum Gasteiger partial charge on any atom is -0.480 e. The molecule has 0 aliphatic carbocycles. The summed E-state index contributed by atoms with van der Waals surface area (Å²) in [6.45, 7) is 7.04. The fraction of sp³-hybridized carbons (Fsp3) is 0.619. The van der Waals surface area contributed by atoms with Crippen molar-refractivity contribution in [2.75, 3.05) is 32.7 Å². The van der Waals surface area contributed by atoms with Gasteiger partial charge in [-0.05, 0) is 31.4 Å². The second-order valence-electron chi connectivity index (χ2n) is 7.28. The van der Waals surface area contributed by atoms with E-state index in [0.717, 1.165) is 50.9 Å². The summed E-state index contributed by atoms with van der Waals surface area (Å²) >= 11 is 0. The number of rotatable bonds is 10. The van der Waals surface area contributed by atoms with Gasteiger partial charge < -0.3 is 10.4 Å². The fourth-order valence-electron chi connectivity index (χ4n) is 3.85. The van der Waals surface area contributed by atoms with Crippen LogP contribution < -0.4 is 5.32 Å². The molecule has 1 aliphatic heterocycles. The third-order valence-corrected chi connectivity index (χ3v) is 5.30. The highest BCUT2D eigenvalue weighted by Gasteiger charge is 2.26. The Balaban J connectivity index is 1.82. The van der Waals surface area contributed by atoms with Crippen molar-refractivity contribution >= 4 is 11.9 Å². The van der Waals surface area contributed by atoms with Gasteiger partial charge in [0.2, 0.25) is 5.91 Å². The summed E-state index contributed by atoms with van der Waals surface area (Å²) in [5.41, 5.74) is 1.15. The fourth-order valence-corrected chi connectivity index (χ4v) is 3.85. The van der Waals surface area contributed by atoms with Gasteiger partial charge in [-0.3, -0.25) is 19.4 Å². The highest BCUT2D eigenvalue weighted by Crippen LogP contribution is 2.19. The summed E-state index contributed by atoms with van der Waals surface area (Å²) in [5.74, 6) is -0.713. The molecule has 1 atom stereocenters. The molecule has 1 aromatic carbocycles. The number of carboxylic acid groups (broad SMARTS) is 1. The van der Waals surface area contributed by atoms with Crippen molar-refractivity contribution < 1.29 is 14.7 Å². The molecular formula is C21H33N3O3. The van der Waals surface area contributed by atoms with Crippen molar-refractivity contribution in [3.8, 4) is 0 Å². The Kier molecular flexibility index (Phi) is 8.75. The van der Waals surface area contributed by atoms with E-state index in [1.165, 1.54) is 0 Å². The van der Waals surface area contributed by atoms with E-state index in [0.29, 0.717) is 12.6 Å². The first-order valence-corrected chi connectivity index (χ1v) is 10.1. The number of carbonyl (C=O) groups is 2. The third kappa shape index (κ3) is 6.96. The molecule has 27 heavy (non-hydrogen) atoms. The molecule has 150 valence electrons. The lowest BCUT2D eigenvalue weighted by Gasteiger charge is -2.37. The van der Waals surface area contributed by atoms with Gasteiger partial charge in [-0.25, -0.2) is 0 Å². The van der Waals surface area contributed by atoms with E-state index in [4.69, 9.17) is 5.11 Å². The smallest absolute Gasteiger partial charge is 0.317 e. The molecule has 1 saturated heterocycles. The Morgan fingerprint density at radius 1 is 1.22 bits per heavy atom. The minimum absolute atomic E-state index is 0.0624. The summed E-state index contributed by atoms with van der Waals surface area (Å²) in [7, 11) is 0. The number of benzene rings is 1. The zero-order valence-corrected chi connectivity index (χ0v) is 16.6. The van der Waals surface area contributed by atoms with Crippen LogP contribution in [0.25, 0.3) is 0 Å². The van der Waals surface area contributed by atoms with Gasteiger partial charge in [0.15, 0.2) is 0 Å². The molecule has 1 fully saturated rings. The Bertz CT molecular complexity index is 586. The molecule has 6 nitrogen and oxygen atoms in total. The topological polar surface area (TPSA) is 72.9 Å². The molecule has 0 saturated carbocycles. The van der Waals surface area contributed by atoms with Crippen LogP contribution in [0, 0.1) is 0 Å². The lowest BCUT2D eigenvalue weighted by Crippen LogP contribution is -2.48. The average molecular weight is 376 g/mol. The molecular weight excluding hydrogens is 342 g/mol. The van der Waals surface area contributed by atoms with Gasteiger partial charge in [0, 0.05) is 19.1 Å². The number of hydrogen-bond acceptors (Lipinski definition) is 4. The summed E-state index contributed by atoms with van der Waals surface area (Å²) in [6.07, 6.45) is 3.76. The molecule has 0 radical (unpaired) electrons. The molecule has 2 rings (SSSR count). The third-order valence-electron chi connectivity index (χ3n) is 5.30. The predicted molar refractivity (Wildman–Crippen MR) is 107 cm³/mol. The molecule has 1 aliphatic rings. The van der Waals surface area contributed by atoms with Crippen molar-refractivity contribution in [3.05, 3.63) is 35.9 Å². The average Bonchev–Trinajstić information content (AvgIpc) is 2.67. The number of nitrogens with one attached hydrogen (secondary N) is 1. The van der Waals surface area contributed by atoms with Gasteiger partial charge in [-0.1, -0.05) is 50.6 Å². The Morgan fingerprint density at radius 3 is 2.44 bits per heavy atom. The summed E-state index contributed by atoms with van der Waals surface area (Å²) in [4.78, 5) is 27.7. The van der Waals surface area contributed by atoms with Crippen LogP contribution in [0.1, 0.15) is 51.1 Å². The number of hydrogen-bond donors (Lipinski definition) is 2. The number of carboxylic acids is 1. The Morgan fingerprint density at radius 2 is 1.89 bits per heavy atom. The van der Waals surface area contributed by atoms with E-state index in [-0.39, 0.29) is 18.5 Å². The highest BCUT2D eigenvalue weighted by molar-refractivity contribution is 5.78. The van der Waals surface area contributed by atoms with Gasteiger partial charge in [-0.2, -0.15) is 0 Å². The van der Waals surface area contributed by atoms with Gasteiger partial charge in [0.1, 0.15) is 0 Å². The zero-order valence-electron chi connectivity index (χ0n) is 16.6. The first-order chi connectivity index (χ1) is 13.0. The van der Waals surface area contributed by atoms with E-state index in [1.807, 2.05) is 30.0 Å². The van der Waals surface area contributed by atoms with Crippen LogP contribution in [0.3, 0.4) is 0 Å². The second-order valence-corrected chi connectivity index (χ2v) is 7.28. The SMILES string of the molecule is CCCC(NC(=O)CN1CCC(N(CC)CC(=O)O)CC1)c1ccccc1. The van der Waals surface area contributed by atoms with Gasteiger partial charge >= 0.3 is 5.97 Å². The normalized spacial score (nSPS) is 17.0. The zero-order chi connectivity index (χ0) is 19.6. The van der Waals surface area contributed by atoms with Crippen molar-refractivity contribution in [3.63, 3.8) is 0 Å². The van der Waals surface area contributed by atoms with Gasteiger partial charge in [-0.15, -0.1) is 0 Å². The molecule has 1 heterocycles. The molecule has 2 N–H and O–H groups in total. The maximum atomic E-state index is 12.5. The summed E-state index contributed by atoms with van der Waals surface area (Å²) in [6, 6.07) is 10.5. The van der Waals surface area contributed by atoms with Gasteiger partial charge in [0.05, 0.1) is 19.1 Å². The quantitative estimate of drug-likeness (QED) is 0.657. The van der Waals surface area contributed by atoms with Crippen molar-refractivity contribution in [2.45, 2.75) is 51.6 Å². The first kappa shape index (κ1) is 21.4. The number of amides is 1. The van der Waals surface area contributed by atoms with E-state index >= 15 is 0 Å². The number of aliphatic carboxylic acids is 1. The number of nitrogens with zero attached hydrogens (tertiary/aromatic N) is 2. The standard InChI is InChI=1S/C21H33N3O3/c1-3-8-19(17-9-6-5-7-10-17)22-20(25)15-23-13-11-18(12-14-23)24(4-2)16-21(26)27/h5-7,9-10,18-19H,3-4,8,11-16H2,1-2H3,(H,22,25)(H,26,27). The van der Waals surface area contributed by atoms with E-state index < -0.39 is 5.97 Å². The molecule has 0 spiro atoms. The lowest BCUT2D eigenvalue weighted by molar-refractivity contribution is -0.139. The second kappa shape index (κ2) is 11.0. The predicted octanol–water partition coefficient (Wildman–Crippen LogP) is 2.51. The molecule has 0 bridgehead atoms. The Labute approximate surface area is 162 Å². The Hall–Kier alpha value is -1.92. The lowest BCUT2D eigenvalue weighted by atomic mass is 10.0. The maximum Gasteiger partial charge on any atom is 0.317 e. The maximum absolute atomic E-state index is 12.5. The van der Waals surface area contributed by atoms with E-state index in [9.17, 15) is 9.59 Å². The summed E-state index contributed by atoms with van der Waals surface area (Å²) < 4.78 is 0. The van der Waals surface area contributed by atoms with Crippen LogP contribution in [-0.2, 0) is 9.59 Å².